The number of halogens is 12. The molecule has 1 fully saturated rings. The van der Waals surface area contributed by atoms with E-state index >= 15 is 0 Å². The van der Waals surface area contributed by atoms with E-state index in [1.165, 1.54) is 88.5 Å². The second kappa shape index (κ2) is 86.8. The monoisotopic (exact) mass is 2580 g/mol. The van der Waals surface area contributed by atoms with E-state index in [0.717, 1.165) is 56.4 Å². The molecule has 1 heterocycles. The van der Waals surface area contributed by atoms with Gasteiger partial charge in [-0.15, -0.1) is 12.1 Å². The Kier molecular flexibility index (Phi) is 99.4. The van der Waals surface area contributed by atoms with Crippen LogP contribution in [-0.4, -0.2) is 237 Å². The van der Waals surface area contributed by atoms with Gasteiger partial charge in [0.1, 0.15) is 67.7 Å². The summed E-state index contributed by atoms with van der Waals surface area (Å²) in [6.45, 7) is 73.6. The summed E-state index contributed by atoms with van der Waals surface area (Å²) < 4.78 is 180. The molecule has 4 atom stereocenters. The van der Waals surface area contributed by atoms with Crippen molar-refractivity contribution in [3.63, 3.8) is 0 Å². The number of anilines is 5. The summed E-state index contributed by atoms with van der Waals surface area (Å²) in [6.07, 6.45) is 4.38. The molecule has 1 aliphatic heterocycles. The third-order valence-corrected chi connectivity index (χ3v) is 37.2. The van der Waals surface area contributed by atoms with Crippen molar-refractivity contribution in [3.05, 3.63) is 254 Å². The molecule has 0 spiro atoms. The number of carbonyl (C=O) groups excluding carboxylic acids is 1. The number of rotatable bonds is 19. The fourth-order valence-corrected chi connectivity index (χ4v) is 26.6. The minimum Gasteiger partial charge on any atom is -1.00 e. The minimum atomic E-state index is -5.39. The average Bonchev–Trinajstić information content (AvgIpc) is 1.08. The van der Waals surface area contributed by atoms with Gasteiger partial charge in [-0.1, -0.05) is 241 Å². The van der Waals surface area contributed by atoms with Crippen LogP contribution >= 0.6 is 31.9 Å². The van der Waals surface area contributed by atoms with Crippen molar-refractivity contribution >= 4 is 203 Å². The Balaban J connectivity index is -0.000000138. The van der Waals surface area contributed by atoms with Gasteiger partial charge in [-0.25, -0.2) is 39.3 Å². The second-order valence-electron chi connectivity index (χ2n) is 40.6. The number of alkyl halides is 3. The number of nitrogen functional groups attached to an aromatic ring is 2. The molecular formula is C104H177Br4F8Mg2N9O12S4Si5Ti. The van der Waals surface area contributed by atoms with Gasteiger partial charge in [0.15, 0.2) is 0 Å². The molecule has 21 nitrogen and oxygen atoms in total. The Morgan fingerprint density at radius 2 is 0.819 bits per heavy atom. The summed E-state index contributed by atoms with van der Waals surface area (Å²) in [5, 5.41) is 37.3. The van der Waals surface area contributed by atoms with Crippen LogP contribution in [0.5, 0.6) is 0 Å². The topological polar surface area (TPSA) is 317 Å². The summed E-state index contributed by atoms with van der Waals surface area (Å²) in [5.41, 5.74) is 11.3. The van der Waals surface area contributed by atoms with Gasteiger partial charge in [0.25, 0.3) is 0 Å². The maximum absolute atomic E-state index is 13.9. The molecule has 1 saturated heterocycles. The summed E-state index contributed by atoms with van der Waals surface area (Å²) in [4.78, 5) is 12.4. The summed E-state index contributed by atoms with van der Waals surface area (Å²) in [6, 6.07) is 57.7. The molecule has 0 saturated carbocycles. The molecule has 0 unspecified atom stereocenters. The van der Waals surface area contributed by atoms with E-state index < -0.39 is 100 Å². The Morgan fingerprint density at radius 3 is 1.08 bits per heavy atom. The van der Waals surface area contributed by atoms with E-state index in [1.807, 2.05) is 166 Å². The average molecular weight is 2580 g/mol. The first-order valence-electron chi connectivity index (χ1n) is 46.7. The Labute approximate surface area is 991 Å². The quantitative estimate of drug-likeness (QED) is 0.00709. The number of aliphatic hydroxyl groups excluding tert-OH is 4. The van der Waals surface area contributed by atoms with E-state index in [0.29, 0.717) is 11.4 Å². The van der Waals surface area contributed by atoms with E-state index in [4.69, 9.17) is 41.8 Å². The van der Waals surface area contributed by atoms with Gasteiger partial charge >= 0.3 is 61.7 Å². The predicted octanol–water partition coefficient (Wildman–Crippen LogP) is 20.3. The minimum absolute atomic E-state index is 0. The van der Waals surface area contributed by atoms with Gasteiger partial charge in [0, 0.05) is 91.7 Å². The molecule has 0 radical (unpaired) electrons. The van der Waals surface area contributed by atoms with Gasteiger partial charge in [0.05, 0.1) is 59.3 Å². The van der Waals surface area contributed by atoms with Crippen LogP contribution in [0.4, 0.5) is 63.6 Å². The molecule has 1 aliphatic rings. The Hall–Kier alpha value is -3.17. The molecule has 0 aromatic heterocycles. The molecule has 0 bridgehead atoms. The maximum atomic E-state index is 13.9. The van der Waals surface area contributed by atoms with Crippen molar-refractivity contribution in [1.29, 1.82) is 0 Å². The first-order chi connectivity index (χ1) is 65.0. The third-order valence-electron chi connectivity index (χ3n) is 17.0. The van der Waals surface area contributed by atoms with Crippen LogP contribution in [0.15, 0.2) is 195 Å². The molecule has 9 rings (SSSR count). The standard InChI is InChI=1S/C17H21FN2OS.C12H21FNSi2.C11H15NOS.C10H15BrFNSi.C10H15FNSi.C7H6O.C6H5BrFN.C6H15N.C4H9F3O3SSi.C4H11NOS.C4H8O.4C3H8O.CH4.2BrH.2Mg.Ti/c1-17(2,3)22(21)20-16(12-7-5-4-6-8-12)13-9-10-14(18)15(19)11-13;1-15(2,3)14(16(4,5)6)12-10-8-7-9-11(12)13;1-11(2,3)14(13)12-9-10-7-5-4-6-8-10;1-13(14(2,3)4)10-7-8(11)5-6-9(10)12;1-12(13(2,3)4)10-8-6-5-7-9(10)11;8-6-7-4-2-1-3-5-7;7-4-1-2-5(8)6(9)3-4;1-4-7(5-2)6-3;1-12(2,3)10-11(8,9)4(5,6)7;1-4(2,3)7(5)6;1-2-4-5-3-1;4*1-3(2)4;;;;;;/h4-11,16,20H,19H2,1-3H3;7,9-10H,1-6H3;4-9H,1-3H3;5-7H,1-4H3;5,7-8H,1-4H3;1-6H;1-3H,9H2;4-6H2,1-3H3;1-3H3;5H2,1-3H3;1-4H2;4*3-4H,1-2H3;1H4;2*1H;;;/q;-1;;;-1;;;;;;;;;;;;;;2*+2;/p-2/t16-,22-;;14-;;;;;;;7-;;;;;;;;;;;/m1.1......1.........../s1. The fourth-order valence-electron chi connectivity index (χ4n) is 9.84. The molecule has 8 aromatic rings. The van der Waals surface area contributed by atoms with Gasteiger partial charge in [-0.05, 0) is 255 Å². The van der Waals surface area contributed by atoms with Crippen molar-refractivity contribution in [2.75, 3.05) is 71.8 Å². The van der Waals surface area contributed by atoms with Crippen LogP contribution < -0.4 is 68.7 Å². The van der Waals surface area contributed by atoms with E-state index in [-0.39, 0.29) is 184 Å². The number of benzene rings is 8. The third kappa shape index (κ3) is 90.4. The summed E-state index contributed by atoms with van der Waals surface area (Å²) >= 11 is 6.50. The maximum Gasteiger partial charge on any atom is 2.00 e. The van der Waals surface area contributed by atoms with Gasteiger partial charge in [0.2, 0.25) is 8.32 Å². The molecule has 8 aromatic carbocycles. The number of nitrogens with zero attached hydrogens (tertiary/aromatic N) is 5. The zero-order valence-electron chi connectivity index (χ0n) is 94.4. The first-order valence-corrected chi connectivity index (χ1v) is 70.4. The van der Waals surface area contributed by atoms with Crippen LogP contribution in [0, 0.1) is 41.2 Å². The molecule has 0 aliphatic carbocycles. The van der Waals surface area contributed by atoms with Crippen molar-refractivity contribution < 1.29 is 146 Å². The normalized spacial score (nSPS) is 12.2. The van der Waals surface area contributed by atoms with Crippen LogP contribution in [0.1, 0.15) is 192 Å². The smallest absolute Gasteiger partial charge is 1.00 e. The zero-order valence-corrected chi connectivity index (χ0v) is 113. The summed E-state index contributed by atoms with van der Waals surface area (Å²) in [5.74, 6) is -1.27. The molecule has 11 N–H and O–H groups in total. The number of hydrogen-bond donors (Lipinski definition) is 8. The van der Waals surface area contributed by atoms with Crippen LogP contribution in [0.25, 0.3) is 0 Å². The van der Waals surface area contributed by atoms with E-state index in [1.54, 1.807) is 122 Å². The number of nitrogens with one attached hydrogen (secondary N) is 1. The van der Waals surface area contributed by atoms with Gasteiger partial charge in [-0.3, -0.25) is 9.93 Å². The molecule has 45 heteroatoms. The largest absolute Gasteiger partial charge is 2.00 e. The number of aldehydes is 1. The van der Waals surface area contributed by atoms with Crippen LogP contribution in [0.3, 0.4) is 0 Å². The van der Waals surface area contributed by atoms with E-state index in [2.05, 4.69) is 170 Å². The number of carbonyl (C=O) groups is 1. The first kappa shape index (κ1) is 171. The van der Waals surface area contributed by atoms with Crippen molar-refractivity contribution in [3.8, 4) is 0 Å². The number of aliphatic hydroxyl groups is 4. The van der Waals surface area contributed by atoms with Crippen molar-refractivity contribution in [2.45, 2.75) is 307 Å². The second-order valence-corrected chi connectivity index (χ2v) is 74.5. The van der Waals surface area contributed by atoms with Crippen LogP contribution in [-0.2, 0) is 73.4 Å². The Bertz CT molecular complexity index is 4930. The Morgan fingerprint density at radius 1 is 0.497 bits per heavy atom. The number of nitrogens with two attached hydrogens (primary N) is 3. The molecule has 846 valence electrons. The van der Waals surface area contributed by atoms with Crippen LogP contribution in [0.2, 0.25) is 98.2 Å². The van der Waals surface area contributed by atoms with Crippen molar-refractivity contribution in [1.82, 2.24) is 9.62 Å². The van der Waals surface area contributed by atoms with Gasteiger partial charge in [-0.2, -0.15) is 62.4 Å². The molecular weight excluding hydrogens is 2400 g/mol. The van der Waals surface area contributed by atoms with Gasteiger partial charge < -0.3 is 92.7 Å². The van der Waals surface area contributed by atoms with Crippen molar-refractivity contribution in [2.24, 2.45) is 9.54 Å². The predicted molar refractivity (Wildman–Crippen MR) is 632 cm³/mol. The van der Waals surface area contributed by atoms with E-state index in [9.17, 15) is 61.0 Å². The molecule has 0 amide bonds. The SMILES string of the molecule is C.C1CCOC1.CC(C)(C)[S@@](=O)N=Cc1ccccc1.CC(C)(C)[S@@](=O)N[C@H](c1ccccc1)c1ccc(F)c(N)c1.CC(C)(C)[S@](N)=O.CC(C)O.CC(C)O.CC(C)O.CC(C)O.CCN(CC)CC.CN(c1c[c-]ccc1F)[Si](C)(C)C.CN(c1cc(Br)ccc1F)[Si](C)(C)C.C[Si](C)(C)N(c1c[c-]ccc1F)[Si](C)(C)C.C[Si](C)(C)OS(=O)(=O)C(F)(F)F.Nc1cc(Br)ccc1F.O=Cc1ccccc1.[Br-].[Br-].[Mg+2].[Mg+2].[Ti]. The molecule has 149 heavy (non-hydrogen) atoms. The number of ether oxygens (including phenoxy) is 1. The fraction of sp³-hybridized carbons (Fsp3) is 0.519. The zero-order chi connectivity index (χ0) is 113. The summed E-state index contributed by atoms with van der Waals surface area (Å²) in [7, 11) is -13.9. The number of hydrogen-bond acceptors (Lipinski definition) is 18.